The largest absolute Gasteiger partial charge is 0.339 e. The monoisotopic (exact) mass is 407 g/mol. The molecule has 7 heteroatoms. The molecule has 0 radical (unpaired) electrons. The van der Waals surface area contributed by atoms with Crippen molar-refractivity contribution >= 4 is 17.5 Å². The van der Waals surface area contributed by atoms with Crippen molar-refractivity contribution < 1.29 is 13.6 Å². The minimum atomic E-state index is -0.880. The van der Waals surface area contributed by atoms with Crippen LogP contribution in [0.15, 0.2) is 42.5 Å². The maximum Gasteiger partial charge on any atom is 0.236 e. The first-order valence-corrected chi connectivity index (χ1v) is 9.73. The first-order chi connectivity index (χ1) is 13.4. The smallest absolute Gasteiger partial charge is 0.236 e. The van der Waals surface area contributed by atoms with Crippen molar-refractivity contribution in [2.45, 2.75) is 19.5 Å². The molecule has 1 fully saturated rings. The van der Waals surface area contributed by atoms with E-state index in [1.807, 2.05) is 36.1 Å². The third-order valence-electron chi connectivity index (χ3n) is 5.05. The minimum absolute atomic E-state index is 0.0144. The standard InChI is InChI=1S/C21H24ClF2N3O/c1-15(17-4-7-19(23)20(24)12-17)25-13-21(28)27-10-8-26(9-11-27)14-16-2-5-18(22)6-3-16/h2-7,12,15,25H,8-11,13-14H2,1H3/t15-/m0/s1. The zero-order valence-corrected chi connectivity index (χ0v) is 16.6. The Kier molecular flexibility index (Phi) is 6.99. The average molecular weight is 408 g/mol. The van der Waals surface area contributed by atoms with E-state index in [2.05, 4.69) is 10.2 Å². The molecule has 1 atom stereocenters. The molecule has 0 aromatic heterocycles. The Bertz CT molecular complexity index is 808. The highest BCUT2D eigenvalue weighted by Crippen LogP contribution is 2.16. The Morgan fingerprint density at radius 1 is 1.07 bits per heavy atom. The predicted octanol–water partition coefficient (Wildman–Crippen LogP) is 3.61. The fourth-order valence-electron chi connectivity index (χ4n) is 3.26. The lowest BCUT2D eigenvalue weighted by molar-refractivity contribution is -0.132. The number of benzene rings is 2. The lowest BCUT2D eigenvalue weighted by Gasteiger charge is -2.35. The zero-order valence-electron chi connectivity index (χ0n) is 15.8. The van der Waals surface area contributed by atoms with Gasteiger partial charge in [-0.05, 0) is 42.3 Å². The van der Waals surface area contributed by atoms with Crippen LogP contribution in [0.3, 0.4) is 0 Å². The second kappa shape index (κ2) is 9.45. The van der Waals surface area contributed by atoms with Gasteiger partial charge in [-0.2, -0.15) is 0 Å². The van der Waals surface area contributed by atoms with Crippen LogP contribution in [0.2, 0.25) is 5.02 Å². The maximum atomic E-state index is 13.4. The number of nitrogens with zero attached hydrogens (tertiary/aromatic N) is 2. The number of carbonyl (C=O) groups excluding carboxylic acids is 1. The van der Waals surface area contributed by atoms with Crippen LogP contribution in [0.25, 0.3) is 0 Å². The zero-order chi connectivity index (χ0) is 20.1. The molecule has 0 aliphatic carbocycles. The Morgan fingerprint density at radius 2 is 1.75 bits per heavy atom. The molecular formula is C21H24ClF2N3O. The fraction of sp³-hybridized carbons (Fsp3) is 0.381. The molecule has 1 saturated heterocycles. The van der Waals surface area contributed by atoms with Crippen molar-refractivity contribution in [3.8, 4) is 0 Å². The van der Waals surface area contributed by atoms with Gasteiger partial charge in [0.15, 0.2) is 11.6 Å². The van der Waals surface area contributed by atoms with Gasteiger partial charge in [0.25, 0.3) is 0 Å². The molecule has 3 rings (SSSR count). The number of amides is 1. The summed E-state index contributed by atoms with van der Waals surface area (Å²) in [6.45, 7) is 5.80. The van der Waals surface area contributed by atoms with E-state index in [4.69, 9.17) is 11.6 Å². The minimum Gasteiger partial charge on any atom is -0.339 e. The van der Waals surface area contributed by atoms with Crippen LogP contribution >= 0.6 is 11.6 Å². The number of halogens is 3. The summed E-state index contributed by atoms with van der Waals surface area (Å²) in [7, 11) is 0. The molecule has 28 heavy (non-hydrogen) atoms. The molecule has 150 valence electrons. The lowest BCUT2D eigenvalue weighted by atomic mass is 10.1. The first-order valence-electron chi connectivity index (χ1n) is 9.35. The van der Waals surface area contributed by atoms with Gasteiger partial charge in [0.05, 0.1) is 6.54 Å². The third kappa shape index (κ3) is 5.50. The van der Waals surface area contributed by atoms with Gasteiger partial charge in [-0.25, -0.2) is 8.78 Å². The van der Waals surface area contributed by atoms with Gasteiger partial charge >= 0.3 is 0 Å². The van der Waals surface area contributed by atoms with Crippen LogP contribution in [0.1, 0.15) is 24.1 Å². The van der Waals surface area contributed by atoms with Crippen LogP contribution in [0.4, 0.5) is 8.78 Å². The highest BCUT2D eigenvalue weighted by atomic mass is 35.5. The second-order valence-corrected chi connectivity index (χ2v) is 7.50. The van der Waals surface area contributed by atoms with E-state index < -0.39 is 11.6 Å². The van der Waals surface area contributed by atoms with E-state index in [0.29, 0.717) is 18.7 Å². The molecule has 1 aliphatic heterocycles. The number of nitrogens with one attached hydrogen (secondary N) is 1. The molecule has 2 aromatic carbocycles. The Balaban J connectivity index is 1.43. The molecule has 0 bridgehead atoms. The van der Waals surface area contributed by atoms with Gasteiger partial charge in [-0.1, -0.05) is 29.8 Å². The van der Waals surface area contributed by atoms with E-state index in [1.54, 1.807) is 0 Å². The van der Waals surface area contributed by atoms with Crippen LogP contribution in [0, 0.1) is 11.6 Å². The summed E-state index contributed by atoms with van der Waals surface area (Å²) in [5.41, 5.74) is 1.81. The Labute approximate surface area is 169 Å². The van der Waals surface area contributed by atoms with Crippen LogP contribution in [-0.2, 0) is 11.3 Å². The Hall–Kier alpha value is -2.02. The molecule has 0 saturated carbocycles. The number of carbonyl (C=O) groups is 1. The second-order valence-electron chi connectivity index (χ2n) is 7.06. The van der Waals surface area contributed by atoms with Gasteiger partial charge in [-0.3, -0.25) is 9.69 Å². The fourth-order valence-corrected chi connectivity index (χ4v) is 3.38. The van der Waals surface area contributed by atoms with E-state index in [0.717, 1.165) is 36.8 Å². The first kappa shape index (κ1) is 20.7. The van der Waals surface area contributed by atoms with Gasteiger partial charge in [0.2, 0.25) is 5.91 Å². The van der Waals surface area contributed by atoms with Crippen molar-refractivity contribution in [1.82, 2.24) is 15.1 Å². The van der Waals surface area contributed by atoms with Crippen LogP contribution in [0.5, 0.6) is 0 Å². The molecule has 0 unspecified atom stereocenters. The average Bonchev–Trinajstić information content (AvgIpc) is 2.70. The van der Waals surface area contributed by atoms with Gasteiger partial charge in [0.1, 0.15) is 0 Å². The molecule has 2 aromatic rings. The van der Waals surface area contributed by atoms with Crippen LogP contribution in [-0.4, -0.2) is 48.4 Å². The summed E-state index contributed by atoms with van der Waals surface area (Å²) in [6.07, 6.45) is 0. The maximum absolute atomic E-state index is 13.4. The van der Waals surface area contributed by atoms with Gasteiger partial charge < -0.3 is 10.2 Å². The molecule has 1 N–H and O–H groups in total. The molecule has 1 amide bonds. The Morgan fingerprint density at radius 3 is 2.39 bits per heavy atom. The third-order valence-corrected chi connectivity index (χ3v) is 5.30. The van der Waals surface area contributed by atoms with E-state index in [-0.39, 0.29) is 18.5 Å². The summed E-state index contributed by atoms with van der Waals surface area (Å²) in [5, 5.41) is 3.82. The number of rotatable bonds is 6. The predicted molar refractivity (Wildman–Crippen MR) is 106 cm³/mol. The van der Waals surface area contributed by atoms with Crippen molar-refractivity contribution in [2.24, 2.45) is 0 Å². The normalized spacial score (nSPS) is 16.2. The molecule has 4 nitrogen and oxygen atoms in total. The quantitative estimate of drug-likeness (QED) is 0.794. The van der Waals surface area contributed by atoms with Crippen molar-refractivity contribution in [2.75, 3.05) is 32.7 Å². The molecule has 1 aliphatic rings. The lowest BCUT2D eigenvalue weighted by Crippen LogP contribution is -2.50. The summed E-state index contributed by atoms with van der Waals surface area (Å²) >= 11 is 5.92. The van der Waals surface area contributed by atoms with Gasteiger partial charge in [-0.15, -0.1) is 0 Å². The van der Waals surface area contributed by atoms with Crippen LogP contribution < -0.4 is 5.32 Å². The molecular weight excluding hydrogens is 384 g/mol. The molecule has 0 spiro atoms. The topological polar surface area (TPSA) is 35.6 Å². The summed E-state index contributed by atoms with van der Waals surface area (Å²) in [4.78, 5) is 16.6. The number of hydrogen-bond donors (Lipinski definition) is 1. The number of hydrogen-bond acceptors (Lipinski definition) is 3. The summed E-state index contributed by atoms with van der Waals surface area (Å²) in [5.74, 6) is -1.74. The van der Waals surface area contributed by atoms with Crippen molar-refractivity contribution in [3.05, 3.63) is 70.2 Å². The highest BCUT2D eigenvalue weighted by molar-refractivity contribution is 6.30. The molecule has 1 heterocycles. The highest BCUT2D eigenvalue weighted by Gasteiger charge is 2.21. The van der Waals surface area contributed by atoms with E-state index >= 15 is 0 Å². The van der Waals surface area contributed by atoms with E-state index in [9.17, 15) is 13.6 Å². The summed E-state index contributed by atoms with van der Waals surface area (Å²) in [6, 6.07) is 11.3. The number of piperazine rings is 1. The van der Waals surface area contributed by atoms with Gasteiger partial charge in [0, 0.05) is 43.8 Å². The van der Waals surface area contributed by atoms with E-state index in [1.165, 1.54) is 11.6 Å². The van der Waals surface area contributed by atoms with Crippen molar-refractivity contribution in [1.29, 1.82) is 0 Å². The summed E-state index contributed by atoms with van der Waals surface area (Å²) < 4.78 is 26.4. The SMILES string of the molecule is C[C@H](NCC(=O)N1CCN(Cc2ccc(Cl)cc2)CC1)c1ccc(F)c(F)c1. The van der Waals surface area contributed by atoms with Crippen molar-refractivity contribution in [3.63, 3.8) is 0 Å².